The zero-order valence-electron chi connectivity index (χ0n) is 14.4. The van der Waals surface area contributed by atoms with Crippen LogP contribution in [0.1, 0.15) is 29.6 Å². The van der Waals surface area contributed by atoms with Crippen LogP contribution in [0, 0.1) is 12.3 Å². The number of carbonyl (C=O) groups excluding carboxylic acids is 2. The number of ether oxygens (including phenoxy) is 1. The quantitative estimate of drug-likeness (QED) is 0.367. The Morgan fingerprint density at radius 1 is 1.41 bits per heavy atom. The van der Waals surface area contributed by atoms with Crippen molar-refractivity contribution < 1.29 is 14.3 Å². The normalized spacial score (nSPS) is 16.4. The number of pyridine rings is 1. The Labute approximate surface area is 169 Å². The van der Waals surface area contributed by atoms with Crippen molar-refractivity contribution in [2.24, 2.45) is 0 Å². The van der Waals surface area contributed by atoms with Crippen molar-refractivity contribution >= 4 is 44.4 Å². The molecule has 0 radical (unpaired) electrons. The number of amides is 2. The number of terminal acetylenes is 1. The lowest BCUT2D eigenvalue weighted by molar-refractivity contribution is 0.0325. The number of thiazole rings is 1. The van der Waals surface area contributed by atoms with E-state index in [0.717, 1.165) is 16.6 Å². The van der Waals surface area contributed by atoms with Crippen LogP contribution in [-0.2, 0) is 4.74 Å². The first-order valence-electron chi connectivity index (χ1n) is 8.34. The average Bonchev–Trinajstić information content (AvgIpc) is 3.22. The summed E-state index contributed by atoms with van der Waals surface area (Å²) in [4.78, 5) is 36.5. The molecule has 140 valence electrons. The molecule has 2 aromatic heterocycles. The van der Waals surface area contributed by atoms with Crippen molar-refractivity contribution in [2.75, 3.05) is 18.0 Å². The maximum absolute atomic E-state index is 12.9. The number of aromatic nitrogens is 2. The third kappa shape index (κ3) is 4.64. The van der Waals surface area contributed by atoms with Gasteiger partial charge in [-0.3, -0.25) is 4.98 Å². The van der Waals surface area contributed by atoms with E-state index in [1.54, 1.807) is 23.2 Å². The van der Waals surface area contributed by atoms with Gasteiger partial charge in [0.25, 0.3) is 0 Å². The molecule has 1 saturated heterocycles. The number of urea groups is 1. The molecule has 2 amide bonds. The van der Waals surface area contributed by atoms with Crippen molar-refractivity contribution in [3.63, 3.8) is 0 Å². The molecule has 0 N–H and O–H groups in total. The molecule has 3 rings (SSSR count). The summed E-state index contributed by atoms with van der Waals surface area (Å²) in [5.41, 5.74) is 0.380. The molecule has 0 saturated carbocycles. The second kappa shape index (κ2) is 8.97. The van der Waals surface area contributed by atoms with Gasteiger partial charge in [-0.05, 0) is 40.9 Å². The van der Waals surface area contributed by atoms with Crippen LogP contribution in [0.2, 0.25) is 0 Å². The summed E-state index contributed by atoms with van der Waals surface area (Å²) in [6, 6.07) is 2.91. The fourth-order valence-electron chi connectivity index (χ4n) is 2.67. The van der Waals surface area contributed by atoms with Gasteiger partial charge in [0.2, 0.25) is 6.23 Å². The zero-order valence-corrected chi connectivity index (χ0v) is 16.8. The van der Waals surface area contributed by atoms with Crippen LogP contribution >= 0.6 is 27.3 Å². The van der Waals surface area contributed by atoms with E-state index < -0.39 is 12.2 Å². The van der Waals surface area contributed by atoms with E-state index in [2.05, 4.69) is 31.8 Å². The molecule has 0 aliphatic carbocycles. The number of hydrogen-bond donors (Lipinski definition) is 0. The van der Waals surface area contributed by atoms with Gasteiger partial charge >= 0.3 is 12.0 Å². The van der Waals surface area contributed by atoms with Gasteiger partial charge in [0.15, 0.2) is 5.13 Å². The van der Waals surface area contributed by atoms with Gasteiger partial charge in [-0.1, -0.05) is 11.3 Å². The molecule has 3 heterocycles. The predicted molar refractivity (Wildman–Crippen MR) is 105 cm³/mol. The van der Waals surface area contributed by atoms with Crippen LogP contribution in [-0.4, -0.2) is 46.2 Å². The SMILES string of the molecule is C#CCCCCN1CC(OC(=O)c2ccncc2)N(c2ncc(Br)s2)C1=O. The molecule has 27 heavy (non-hydrogen) atoms. The molecule has 1 fully saturated rings. The minimum Gasteiger partial charge on any atom is -0.435 e. The molecule has 1 aliphatic heterocycles. The maximum Gasteiger partial charge on any atom is 0.340 e. The first-order valence-corrected chi connectivity index (χ1v) is 9.95. The number of unbranched alkanes of at least 4 members (excludes halogenated alkanes) is 2. The minimum absolute atomic E-state index is 0.231. The van der Waals surface area contributed by atoms with Gasteiger partial charge in [-0.2, -0.15) is 0 Å². The summed E-state index contributed by atoms with van der Waals surface area (Å²) in [5.74, 6) is 2.08. The molecule has 0 bridgehead atoms. The molecule has 2 aromatic rings. The first-order chi connectivity index (χ1) is 13.1. The van der Waals surface area contributed by atoms with E-state index in [1.165, 1.54) is 28.6 Å². The van der Waals surface area contributed by atoms with Crippen molar-refractivity contribution in [2.45, 2.75) is 25.5 Å². The number of carbonyl (C=O) groups is 2. The molecular weight excluding hydrogens is 432 g/mol. The van der Waals surface area contributed by atoms with E-state index >= 15 is 0 Å². The highest BCUT2D eigenvalue weighted by Gasteiger charge is 2.42. The van der Waals surface area contributed by atoms with E-state index in [0.29, 0.717) is 23.7 Å². The molecule has 1 atom stereocenters. The number of nitrogens with zero attached hydrogens (tertiary/aromatic N) is 4. The number of rotatable bonds is 7. The summed E-state index contributed by atoms with van der Waals surface area (Å²) in [7, 11) is 0. The Morgan fingerprint density at radius 3 is 2.85 bits per heavy atom. The summed E-state index contributed by atoms with van der Waals surface area (Å²) in [5, 5.41) is 0.477. The van der Waals surface area contributed by atoms with Crippen LogP contribution < -0.4 is 4.90 Å². The fraction of sp³-hybridized carbons (Fsp3) is 0.333. The van der Waals surface area contributed by atoms with Gasteiger partial charge in [-0.15, -0.1) is 12.3 Å². The molecule has 9 heteroatoms. The fourth-order valence-corrected chi connectivity index (χ4v) is 3.89. The molecule has 0 aromatic carbocycles. The Kier molecular flexibility index (Phi) is 6.42. The zero-order chi connectivity index (χ0) is 19.2. The smallest absolute Gasteiger partial charge is 0.340 e. The lowest BCUT2D eigenvalue weighted by Crippen LogP contribution is -2.37. The standard InChI is InChI=1S/C18H17BrN4O3S/c1-2-3-4-5-10-22-12-15(26-16(24)13-6-8-20-9-7-13)23(18(22)25)17-21-11-14(19)27-17/h1,6-9,11,15H,3-5,10,12H2. The van der Waals surface area contributed by atoms with Crippen LogP contribution in [0.4, 0.5) is 9.93 Å². The summed E-state index contributed by atoms with van der Waals surface area (Å²) in [6.45, 7) is 0.829. The largest absolute Gasteiger partial charge is 0.435 e. The maximum atomic E-state index is 12.9. The lowest BCUT2D eigenvalue weighted by Gasteiger charge is -2.20. The highest BCUT2D eigenvalue weighted by molar-refractivity contribution is 9.11. The van der Waals surface area contributed by atoms with Gasteiger partial charge < -0.3 is 9.64 Å². The van der Waals surface area contributed by atoms with Crippen LogP contribution in [0.15, 0.2) is 34.5 Å². The summed E-state index contributed by atoms with van der Waals surface area (Å²) in [6.07, 6.45) is 11.5. The highest BCUT2D eigenvalue weighted by atomic mass is 79.9. The molecule has 1 unspecified atom stereocenters. The molecule has 1 aliphatic rings. The average molecular weight is 449 g/mol. The summed E-state index contributed by atoms with van der Waals surface area (Å²) >= 11 is 4.66. The Morgan fingerprint density at radius 2 is 2.19 bits per heavy atom. The van der Waals surface area contributed by atoms with E-state index in [-0.39, 0.29) is 12.6 Å². The molecular formula is C18H17BrN4O3S. The second-order valence-electron chi connectivity index (χ2n) is 5.80. The topological polar surface area (TPSA) is 75.6 Å². The number of anilines is 1. The van der Waals surface area contributed by atoms with Crippen molar-refractivity contribution in [1.82, 2.24) is 14.9 Å². The van der Waals surface area contributed by atoms with Gasteiger partial charge in [0, 0.05) is 25.4 Å². The Hall–Kier alpha value is -2.44. The van der Waals surface area contributed by atoms with Crippen molar-refractivity contribution in [3.05, 3.63) is 40.1 Å². The minimum atomic E-state index is -0.746. The predicted octanol–water partition coefficient (Wildman–Crippen LogP) is 3.53. The van der Waals surface area contributed by atoms with Gasteiger partial charge in [0.05, 0.1) is 22.1 Å². The van der Waals surface area contributed by atoms with Gasteiger partial charge in [-0.25, -0.2) is 19.5 Å². The second-order valence-corrected chi connectivity index (χ2v) is 8.19. The first kappa shape index (κ1) is 19.3. The van der Waals surface area contributed by atoms with Crippen LogP contribution in [0.5, 0.6) is 0 Å². The van der Waals surface area contributed by atoms with Crippen molar-refractivity contribution in [3.8, 4) is 12.3 Å². The number of esters is 1. The molecule has 0 spiro atoms. The highest BCUT2D eigenvalue weighted by Crippen LogP contribution is 2.32. The van der Waals surface area contributed by atoms with Crippen LogP contribution in [0.25, 0.3) is 0 Å². The van der Waals surface area contributed by atoms with Crippen molar-refractivity contribution in [1.29, 1.82) is 0 Å². The van der Waals surface area contributed by atoms with Crippen LogP contribution in [0.3, 0.4) is 0 Å². The number of hydrogen-bond acceptors (Lipinski definition) is 6. The lowest BCUT2D eigenvalue weighted by atomic mass is 10.2. The Balaban J connectivity index is 1.75. The third-order valence-electron chi connectivity index (χ3n) is 3.97. The van der Waals surface area contributed by atoms with E-state index in [1.807, 2.05) is 0 Å². The molecule has 7 nitrogen and oxygen atoms in total. The van der Waals surface area contributed by atoms with Gasteiger partial charge in [0.1, 0.15) is 0 Å². The van der Waals surface area contributed by atoms with E-state index in [4.69, 9.17) is 11.2 Å². The summed E-state index contributed by atoms with van der Waals surface area (Å²) < 4.78 is 6.41. The van der Waals surface area contributed by atoms with E-state index in [9.17, 15) is 9.59 Å². The third-order valence-corrected chi connectivity index (χ3v) is 5.45. The monoisotopic (exact) mass is 448 g/mol. The Bertz CT molecular complexity index is 852. The number of halogens is 1.